The molecule has 0 radical (unpaired) electrons. The van der Waals surface area contributed by atoms with Gasteiger partial charge >= 0.3 is 0 Å². The van der Waals surface area contributed by atoms with Crippen molar-refractivity contribution >= 4 is 16.5 Å². The van der Waals surface area contributed by atoms with Crippen molar-refractivity contribution in [1.29, 1.82) is 0 Å². The Kier molecular flexibility index (Phi) is 11.3. The van der Waals surface area contributed by atoms with Gasteiger partial charge in [-0.15, -0.1) is 0 Å². The topological polar surface area (TPSA) is 24.1 Å². The van der Waals surface area contributed by atoms with Crippen LogP contribution in [0.5, 0.6) is 0 Å². The molecule has 0 aliphatic heterocycles. The lowest BCUT2D eigenvalue weighted by molar-refractivity contribution is 1.16. The van der Waals surface area contributed by atoms with Crippen molar-refractivity contribution in [2.75, 3.05) is 14.1 Å². The largest absolute Gasteiger partial charge is 0.340 e. The third kappa shape index (κ3) is 32.8. The van der Waals surface area contributed by atoms with Crippen LogP contribution >= 0.6 is 0 Å². The van der Waals surface area contributed by atoms with Crippen LogP contribution in [0.1, 0.15) is 7.43 Å². The van der Waals surface area contributed by atoms with Crippen LogP contribution in [0, 0.1) is 0 Å². The van der Waals surface area contributed by atoms with Crippen molar-refractivity contribution in [3.63, 3.8) is 0 Å². The van der Waals surface area contributed by atoms with Crippen LogP contribution in [0.3, 0.4) is 0 Å². The molecular formula is C9H30N2Si2. The summed E-state index contributed by atoms with van der Waals surface area (Å²) in [5, 5.41) is 0. The lowest BCUT2D eigenvalue weighted by atomic mass is 11.6. The molecule has 0 saturated carbocycles. The molecule has 0 atom stereocenters. The van der Waals surface area contributed by atoms with E-state index >= 15 is 0 Å². The van der Waals surface area contributed by atoms with Gasteiger partial charge in [-0.1, -0.05) is 46.7 Å². The van der Waals surface area contributed by atoms with E-state index in [0.29, 0.717) is 0 Å². The summed E-state index contributed by atoms with van der Waals surface area (Å²) in [5.41, 5.74) is 0. The Bertz CT molecular complexity index is 89.2. The molecule has 4 heteroatoms. The number of hydrogen-bond donors (Lipinski definition) is 2. The molecule has 2 nitrogen and oxygen atoms in total. The molecule has 0 aliphatic rings. The average molecular weight is 223 g/mol. The van der Waals surface area contributed by atoms with Crippen LogP contribution in [0.4, 0.5) is 0 Å². The van der Waals surface area contributed by atoms with E-state index < -0.39 is 16.5 Å². The van der Waals surface area contributed by atoms with Crippen molar-refractivity contribution in [3.8, 4) is 0 Å². The molecule has 0 amide bonds. The summed E-state index contributed by atoms with van der Waals surface area (Å²) >= 11 is 0. The summed E-state index contributed by atoms with van der Waals surface area (Å²) < 4.78 is 0. The Hall–Kier alpha value is 0.354. The van der Waals surface area contributed by atoms with Crippen molar-refractivity contribution in [2.45, 2.75) is 46.7 Å². The third-order valence-electron chi connectivity index (χ3n) is 1.50. The van der Waals surface area contributed by atoms with Crippen LogP contribution in [0.25, 0.3) is 0 Å². The van der Waals surface area contributed by atoms with Gasteiger partial charge < -0.3 is 9.96 Å². The second kappa shape index (κ2) is 7.73. The summed E-state index contributed by atoms with van der Waals surface area (Å²) in [6.07, 6.45) is 0. The second-order valence-electron chi connectivity index (χ2n) is 5.00. The molecule has 2 N–H and O–H groups in total. The Balaban J connectivity index is -0.000000143. The van der Waals surface area contributed by atoms with Crippen LogP contribution < -0.4 is 9.96 Å². The quantitative estimate of drug-likeness (QED) is 0.702. The highest BCUT2D eigenvalue weighted by Crippen LogP contribution is 1.89. The lowest BCUT2D eigenvalue weighted by Crippen LogP contribution is -2.37. The minimum atomic E-state index is -0.881. The maximum Gasteiger partial charge on any atom is 0.116 e. The van der Waals surface area contributed by atoms with Gasteiger partial charge in [-0.3, -0.25) is 0 Å². The zero-order valence-corrected chi connectivity index (χ0v) is 12.0. The van der Waals surface area contributed by atoms with Gasteiger partial charge in [0.1, 0.15) is 16.5 Å². The maximum atomic E-state index is 3.24. The van der Waals surface area contributed by atoms with Crippen molar-refractivity contribution < 1.29 is 0 Å². The maximum absolute atomic E-state index is 3.24. The van der Waals surface area contributed by atoms with E-state index in [2.05, 4.69) is 49.2 Å². The molecule has 0 aromatic carbocycles. The summed E-state index contributed by atoms with van der Waals surface area (Å²) in [5.74, 6) is 0. The summed E-state index contributed by atoms with van der Waals surface area (Å²) in [6.45, 7) is 13.6. The first kappa shape index (κ1) is 19.0. The molecule has 0 fully saturated rings. The van der Waals surface area contributed by atoms with Crippen LogP contribution in [-0.4, -0.2) is 30.6 Å². The summed E-state index contributed by atoms with van der Waals surface area (Å²) in [4.78, 5) is 6.49. The van der Waals surface area contributed by atoms with Gasteiger partial charge in [0.05, 0.1) is 0 Å². The highest BCUT2D eigenvalue weighted by atomic mass is 28.3. The predicted octanol–water partition coefficient (Wildman–Crippen LogP) is 2.72. The Labute approximate surface area is 87.7 Å². The Morgan fingerprint density at radius 2 is 0.692 bits per heavy atom. The number of hydrogen-bond acceptors (Lipinski definition) is 2. The highest BCUT2D eigenvalue weighted by molar-refractivity contribution is 6.73. The normalized spacial score (nSPS) is 11.1. The van der Waals surface area contributed by atoms with Crippen LogP contribution in [0.15, 0.2) is 0 Å². The summed E-state index contributed by atoms with van der Waals surface area (Å²) in [6, 6.07) is 0. The van der Waals surface area contributed by atoms with E-state index in [9.17, 15) is 0 Å². The lowest BCUT2D eigenvalue weighted by Gasteiger charge is -2.11. The highest BCUT2D eigenvalue weighted by Gasteiger charge is 2.06. The Morgan fingerprint density at radius 3 is 0.692 bits per heavy atom. The molecule has 0 saturated heterocycles. The smallest absolute Gasteiger partial charge is 0.116 e. The van der Waals surface area contributed by atoms with Gasteiger partial charge in [-0.2, -0.15) is 0 Å². The zero-order valence-electron chi connectivity index (χ0n) is 10.0. The molecule has 13 heavy (non-hydrogen) atoms. The minimum Gasteiger partial charge on any atom is -0.340 e. The van der Waals surface area contributed by atoms with Gasteiger partial charge in [-0.05, 0) is 14.1 Å². The SMILES string of the molecule is C.CN[Si](C)(C)C.CN[Si](C)(C)C. The van der Waals surface area contributed by atoms with E-state index in [1.807, 2.05) is 14.1 Å². The first-order valence-electron chi connectivity index (χ1n) is 4.50. The van der Waals surface area contributed by atoms with E-state index in [1.165, 1.54) is 0 Å². The third-order valence-corrected chi connectivity index (χ3v) is 4.50. The minimum absolute atomic E-state index is 0. The fraction of sp³-hybridized carbons (Fsp3) is 1.00. The number of nitrogens with one attached hydrogen (secondary N) is 2. The first-order chi connectivity index (χ1) is 5.12. The van der Waals surface area contributed by atoms with Gasteiger partial charge in [-0.25, -0.2) is 0 Å². The molecule has 0 aromatic heterocycles. The Morgan fingerprint density at radius 1 is 0.615 bits per heavy atom. The van der Waals surface area contributed by atoms with Gasteiger partial charge in [0, 0.05) is 0 Å². The standard InChI is InChI=1S/2C4H13NSi.CH4/c2*1-5-6(2,3)4;/h2*5H,1-4H3;1H4. The van der Waals surface area contributed by atoms with Crippen molar-refractivity contribution in [3.05, 3.63) is 0 Å². The molecule has 0 rings (SSSR count). The number of rotatable bonds is 2. The predicted molar refractivity (Wildman–Crippen MR) is 71.5 cm³/mol. The molecule has 84 valence electrons. The molecule has 0 unspecified atom stereocenters. The van der Waals surface area contributed by atoms with E-state index in [4.69, 9.17) is 0 Å². The van der Waals surface area contributed by atoms with Gasteiger partial charge in [0.15, 0.2) is 0 Å². The van der Waals surface area contributed by atoms with Crippen LogP contribution in [0.2, 0.25) is 39.3 Å². The molecule has 0 spiro atoms. The second-order valence-corrected chi connectivity index (χ2v) is 15.0. The fourth-order valence-electron chi connectivity index (χ4n) is 0. The summed E-state index contributed by atoms with van der Waals surface area (Å²) in [7, 11) is 2.28. The fourth-order valence-corrected chi connectivity index (χ4v) is 0. The molecular weight excluding hydrogens is 192 g/mol. The average Bonchev–Trinajstić information content (AvgIpc) is 1.86. The van der Waals surface area contributed by atoms with Gasteiger partial charge in [0.25, 0.3) is 0 Å². The van der Waals surface area contributed by atoms with E-state index in [0.717, 1.165) is 0 Å². The van der Waals surface area contributed by atoms with Crippen molar-refractivity contribution in [1.82, 2.24) is 9.96 Å². The molecule has 0 aliphatic carbocycles. The van der Waals surface area contributed by atoms with Gasteiger partial charge in [0.2, 0.25) is 0 Å². The van der Waals surface area contributed by atoms with Crippen molar-refractivity contribution in [2.24, 2.45) is 0 Å². The first-order valence-corrected chi connectivity index (χ1v) is 11.5. The van der Waals surface area contributed by atoms with Crippen LogP contribution in [-0.2, 0) is 0 Å². The monoisotopic (exact) mass is 222 g/mol. The molecule has 0 bridgehead atoms. The van der Waals surface area contributed by atoms with E-state index in [-0.39, 0.29) is 7.43 Å². The molecule has 0 aromatic rings. The molecule has 0 heterocycles. The van der Waals surface area contributed by atoms with E-state index in [1.54, 1.807) is 0 Å². The zero-order chi connectivity index (χ0) is 10.4.